The van der Waals surface area contributed by atoms with Gasteiger partial charge in [-0.05, 0) is 25.9 Å². The van der Waals surface area contributed by atoms with E-state index in [1.165, 1.54) is 7.11 Å². The van der Waals surface area contributed by atoms with Crippen LogP contribution in [0.1, 0.15) is 26.2 Å². The third kappa shape index (κ3) is 5.58. The molecule has 0 aliphatic carbocycles. The highest BCUT2D eigenvalue weighted by molar-refractivity contribution is 5.86. The van der Waals surface area contributed by atoms with Gasteiger partial charge < -0.3 is 20.5 Å². The van der Waals surface area contributed by atoms with Gasteiger partial charge in [-0.1, -0.05) is 6.92 Å². The topological polar surface area (TPSA) is 108 Å². The number of carboxylic acids is 1. The largest absolute Gasteiger partial charge is 0.480 e. The number of likely N-dealkylation sites (N-methyl/N-ethyl adjacent to an activating group) is 1. The molecular weight excluding hydrogens is 278 g/mol. The summed E-state index contributed by atoms with van der Waals surface area (Å²) in [5, 5.41) is 13.9. The van der Waals surface area contributed by atoms with Gasteiger partial charge in [0.15, 0.2) is 0 Å². The summed E-state index contributed by atoms with van der Waals surface area (Å²) in [6, 6.07) is -1.60. The molecule has 1 aliphatic heterocycles. The maximum absolute atomic E-state index is 11.7. The molecule has 8 nitrogen and oxygen atoms in total. The highest BCUT2D eigenvalue weighted by Gasteiger charge is 2.26. The van der Waals surface area contributed by atoms with Crippen molar-refractivity contribution >= 4 is 18.0 Å². The maximum Gasteiger partial charge on any atom is 0.326 e. The van der Waals surface area contributed by atoms with E-state index in [0.29, 0.717) is 6.54 Å². The summed E-state index contributed by atoms with van der Waals surface area (Å²) in [6.45, 7) is 4.47. The van der Waals surface area contributed by atoms with E-state index >= 15 is 0 Å². The average molecular weight is 301 g/mol. The standard InChI is InChI=1S/C13H23N3O5/c1-3-16-6-4-5-9(16)8-14-13(20)15-10(12(18)19)7-11(17)21-2/h9-10H,3-8H2,1-2H3,(H,18,19)(H2,14,15,20)/t9?,10-/m0/s1. The van der Waals surface area contributed by atoms with Crippen LogP contribution >= 0.6 is 0 Å². The number of rotatable bonds is 7. The van der Waals surface area contributed by atoms with Crippen molar-refractivity contribution in [2.24, 2.45) is 0 Å². The van der Waals surface area contributed by atoms with Gasteiger partial charge in [0.1, 0.15) is 6.04 Å². The molecule has 0 aromatic heterocycles. The first-order valence-electron chi connectivity index (χ1n) is 7.06. The molecule has 1 unspecified atom stereocenters. The third-order valence-electron chi connectivity index (χ3n) is 3.61. The van der Waals surface area contributed by atoms with E-state index in [1.54, 1.807) is 0 Å². The van der Waals surface area contributed by atoms with Crippen molar-refractivity contribution in [3.8, 4) is 0 Å². The van der Waals surface area contributed by atoms with Crippen LogP contribution in [0.2, 0.25) is 0 Å². The summed E-state index contributed by atoms with van der Waals surface area (Å²) in [4.78, 5) is 36.1. The summed E-state index contributed by atoms with van der Waals surface area (Å²) < 4.78 is 4.40. The Balaban J connectivity index is 2.39. The number of ether oxygens (including phenoxy) is 1. The number of urea groups is 1. The Morgan fingerprint density at radius 3 is 2.71 bits per heavy atom. The summed E-state index contributed by atoms with van der Waals surface area (Å²) in [5.41, 5.74) is 0. The van der Waals surface area contributed by atoms with Crippen molar-refractivity contribution < 1.29 is 24.2 Å². The molecule has 0 aromatic rings. The van der Waals surface area contributed by atoms with E-state index < -0.39 is 30.4 Å². The van der Waals surface area contributed by atoms with Crippen LogP contribution in [0, 0.1) is 0 Å². The molecule has 8 heteroatoms. The first kappa shape index (κ1) is 17.2. The number of nitrogens with zero attached hydrogens (tertiary/aromatic N) is 1. The van der Waals surface area contributed by atoms with Crippen molar-refractivity contribution in [3.63, 3.8) is 0 Å². The number of nitrogens with one attached hydrogen (secondary N) is 2. The highest BCUT2D eigenvalue weighted by atomic mass is 16.5. The quantitative estimate of drug-likeness (QED) is 0.561. The Labute approximate surface area is 123 Å². The molecule has 21 heavy (non-hydrogen) atoms. The van der Waals surface area contributed by atoms with E-state index in [2.05, 4.69) is 27.2 Å². The number of hydrogen-bond acceptors (Lipinski definition) is 5. The number of esters is 1. The highest BCUT2D eigenvalue weighted by Crippen LogP contribution is 2.15. The molecule has 0 aromatic carbocycles. The lowest BCUT2D eigenvalue weighted by molar-refractivity contribution is -0.147. The fraction of sp³-hybridized carbons (Fsp3) is 0.769. The van der Waals surface area contributed by atoms with Crippen LogP contribution in [0.5, 0.6) is 0 Å². The number of amides is 2. The minimum atomic E-state index is -1.29. The van der Waals surface area contributed by atoms with Gasteiger partial charge in [-0.15, -0.1) is 0 Å². The van der Waals surface area contributed by atoms with E-state index in [1.807, 2.05) is 0 Å². The van der Waals surface area contributed by atoms with E-state index in [9.17, 15) is 14.4 Å². The minimum absolute atomic E-state index is 0.282. The second-order valence-corrected chi connectivity index (χ2v) is 4.95. The lowest BCUT2D eigenvalue weighted by atomic mass is 10.2. The van der Waals surface area contributed by atoms with Crippen molar-refractivity contribution in [3.05, 3.63) is 0 Å². The first-order valence-corrected chi connectivity index (χ1v) is 7.06. The lowest BCUT2D eigenvalue weighted by Crippen LogP contribution is -2.49. The summed E-state index contributed by atoms with van der Waals surface area (Å²) >= 11 is 0. The number of carboxylic acid groups (broad SMARTS) is 1. The molecule has 1 aliphatic rings. The molecule has 1 heterocycles. The lowest BCUT2D eigenvalue weighted by Gasteiger charge is -2.23. The van der Waals surface area contributed by atoms with Gasteiger partial charge in [0.05, 0.1) is 13.5 Å². The Hall–Kier alpha value is -1.83. The van der Waals surface area contributed by atoms with Crippen LogP contribution in [-0.2, 0) is 14.3 Å². The predicted octanol–water partition coefficient (Wildman–Crippen LogP) is -0.214. The molecule has 3 N–H and O–H groups in total. The van der Waals surface area contributed by atoms with Gasteiger partial charge in [0.25, 0.3) is 0 Å². The molecule has 1 fully saturated rings. The SMILES string of the molecule is CCN1CCCC1CNC(=O)N[C@@H](CC(=O)OC)C(=O)O. The number of methoxy groups -OCH3 is 1. The summed E-state index contributed by atoms with van der Waals surface area (Å²) in [5.74, 6) is -1.96. The summed E-state index contributed by atoms with van der Waals surface area (Å²) in [7, 11) is 1.17. The van der Waals surface area contributed by atoms with Crippen molar-refractivity contribution in [1.82, 2.24) is 15.5 Å². The number of aliphatic carboxylic acids is 1. The molecule has 2 atom stereocenters. The van der Waals surface area contributed by atoms with Gasteiger partial charge in [-0.2, -0.15) is 0 Å². The monoisotopic (exact) mass is 301 g/mol. The second kappa shape index (κ2) is 8.46. The number of hydrogen-bond donors (Lipinski definition) is 3. The second-order valence-electron chi connectivity index (χ2n) is 4.95. The minimum Gasteiger partial charge on any atom is -0.480 e. The van der Waals surface area contributed by atoms with Crippen molar-refractivity contribution in [2.75, 3.05) is 26.7 Å². The predicted molar refractivity (Wildman–Crippen MR) is 74.9 cm³/mol. The fourth-order valence-electron chi connectivity index (χ4n) is 2.41. The maximum atomic E-state index is 11.7. The summed E-state index contributed by atoms with van der Waals surface area (Å²) in [6.07, 6.45) is 1.71. The molecule has 0 saturated carbocycles. The molecule has 120 valence electrons. The van der Waals surface area contributed by atoms with Crippen LogP contribution in [0.25, 0.3) is 0 Å². The Morgan fingerprint density at radius 1 is 1.43 bits per heavy atom. The zero-order chi connectivity index (χ0) is 15.8. The van der Waals surface area contributed by atoms with Crippen LogP contribution in [0.15, 0.2) is 0 Å². The van der Waals surface area contributed by atoms with Gasteiger partial charge in [0, 0.05) is 12.6 Å². The van der Waals surface area contributed by atoms with Crippen molar-refractivity contribution in [1.29, 1.82) is 0 Å². The third-order valence-corrected chi connectivity index (χ3v) is 3.61. The van der Waals surface area contributed by atoms with Crippen LogP contribution < -0.4 is 10.6 Å². The van der Waals surface area contributed by atoms with Crippen LogP contribution in [0.3, 0.4) is 0 Å². The molecular formula is C13H23N3O5. The van der Waals surface area contributed by atoms with Gasteiger partial charge in [0.2, 0.25) is 0 Å². The first-order chi connectivity index (χ1) is 9.97. The van der Waals surface area contributed by atoms with Gasteiger partial charge in [-0.3, -0.25) is 9.69 Å². The molecule has 1 rings (SSSR count). The van der Waals surface area contributed by atoms with Gasteiger partial charge >= 0.3 is 18.0 Å². The zero-order valence-corrected chi connectivity index (χ0v) is 12.4. The molecule has 2 amide bonds. The van der Waals surface area contributed by atoms with Crippen LogP contribution in [0.4, 0.5) is 4.79 Å². The van der Waals surface area contributed by atoms with Gasteiger partial charge in [-0.25, -0.2) is 9.59 Å². The number of carbonyl (C=O) groups excluding carboxylic acids is 2. The fourth-order valence-corrected chi connectivity index (χ4v) is 2.41. The normalized spacial score (nSPS) is 19.8. The van der Waals surface area contributed by atoms with E-state index in [4.69, 9.17) is 5.11 Å². The smallest absolute Gasteiger partial charge is 0.326 e. The Kier molecular flexibility index (Phi) is 6.93. The van der Waals surface area contributed by atoms with E-state index in [0.717, 1.165) is 25.9 Å². The number of likely N-dealkylation sites (tertiary alicyclic amines) is 1. The molecule has 0 bridgehead atoms. The van der Waals surface area contributed by atoms with Crippen molar-refractivity contribution in [2.45, 2.75) is 38.3 Å². The Morgan fingerprint density at radius 2 is 2.14 bits per heavy atom. The molecule has 0 spiro atoms. The average Bonchev–Trinajstić information content (AvgIpc) is 2.91. The van der Waals surface area contributed by atoms with E-state index in [-0.39, 0.29) is 6.04 Å². The zero-order valence-electron chi connectivity index (χ0n) is 12.4. The Bertz CT molecular complexity index is 388. The molecule has 1 saturated heterocycles. The molecule has 0 radical (unpaired) electrons. The number of carbonyl (C=O) groups is 3. The van der Waals surface area contributed by atoms with Crippen LogP contribution in [-0.4, -0.2) is 66.8 Å².